The Hall–Kier alpha value is -3.19. The highest BCUT2D eigenvalue weighted by molar-refractivity contribution is 7.92. The second-order valence-corrected chi connectivity index (χ2v) is 10.1. The van der Waals surface area contributed by atoms with Gasteiger partial charge in [-0.1, -0.05) is 39.0 Å². The number of aryl methyl sites for hydroxylation is 1. The molecule has 1 heterocycles. The lowest BCUT2D eigenvalue weighted by Crippen LogP contribution is -2.22. The van der Waals surface area contributed by atoms with Gasteiger partial charge >= 0.3 is 0 Å². The van der Waals surface area contributed by atoms with E-state index in [1.54, 1.807) is 55.7 Å². The van der Waals surface area contributed by atoms with E-state index < -0.39 is 10.0 Å². The molecule has 162 valence electrons. The highest BCUT2D eigenvalue weighted by atomic mass is 32.2. The number of carbonyl (C=O) groups is 1. The monoisotopic (exact) mass is 437 g/mol. The normalized spacial score (nSPS) is 11.7. The minimum absolute atomic E-state index is 0.164. The first kappa shape index (κ1) is 22.5. The quantitative estimate of drug-likeness (QED) is 0.598. The van der Waals surface area contributed by atoms with E-state index in [0.29, 0.717) is 23.4 Å². The molecule has 1 amide bonds. The van der Waals surface area contributed by atoms with E-state index in [9.17, 15) is 13.2 Å². The van der Waals surface area contributed by atoms with E-state index in [1.165, 1.54) is 0 Å². The minimum Gasteiger partial charge on any atom is -0.348 e. The summed E-state index contributed by atoms with van der Waals surface area (Å²) < 4.78 is 28.6. The maximum Gasteiger partial charge on any atom is 0.262 e. The molecule has 0 aliphatic heterocycles. The molecule has 2 N–H and O–H groups in total. The van der Waals surface area contributed by atoms with Crippen molar-refractivity contribution in [1.82, 2.24) is 10.3 Å². The number of pyridine rings is 1. The number of carbonyl (C=O) groups excluding carboxylic acids is 1. The summed E-state index contributed by atoms with van der Waals surface area (Å²) >= 11 is 0. The Morgan fingerprint density at radius 1 is 1.03 bits per heavy atom. The third kappa shape index (κ3) is 5.70. The van der Waals surface area contributed by atoms with Crippen LogP contribution in [0.3, 0.4) is 0 Å². The first-order valence-corrected chi connectivity index (χ1v) is 11.5. The van der Waals surface area contributed by atoms with Crippen LogP contribution in [0.15, 0.2) is 71.9 Å². The molecule has 0 fully saturated rings. The molecule has 0 spiro atoms. The fourth-order valence-electron chi connectivity index (χ4n) is 3.04. The Morgan fingerprint density at radius 2 is 1.74 bits per heavy atom. The average Bonchev–Trinajstić information content (AvgIpc) is 2.72. The van der Waals surface area contributed by atoms with Gasteiger partial charge in [-0.3, -0.25) is 14.5 Å². The Balaban J connectivity index is 1.72. The second-order valence-electron chi connectivity index (χ2n) is 8.46. The van der Waals surface area contributed by atoms with Crippen molar-refractivity contribution in [3.05, 3.63) is 89.2 Å². The number of hydrogen-bond donors (Lipinski definition) is 2. The van der Waals surface area contributed by atoms with E-state index in [0.717, 1.165) is 11.1 Å². The molecule has 1 aromatic heterocycles. The molecule has 0 radical (unpaired) electrons. The van der Waals surface area contributed by atoms with Crippen LogP contribution in [0.25, 0.3) is 0 Å². The zero-order valence-electron chi connectivity index (χ0n) is 18.1. The van der Waals surface area contributed by atoms with Crippen molar-refractivity contribution >= 4 is 21.6 Å². The Morgan fingerprint density at radius 3 is 2.35 bits per heavy atom. The Labute approximate surface area is 183 Å². The van der Waals surface area contributed by atoms with Gasteiger partial charge in [-0.25, -0.2) is 8.42 Å². The van der Waals surface area contributed by atoms with Crippen LogP contribution >= 0.6 is 0 Å². The summed E-state index contributed by atoms with van der Waals surface area (Å²) in [6, 6.07) is 15.5. The van der Waals surface area contributed by atoms with Crippen LogP contribution in [-0.4, -0.2) is 19.3 Å². The number of hydrogen-bond acceptors (Lipinski definition) is 4. The summed E-state index contributed by atoms with van der Waals surface area (Å²) in [6.45, 7) is 8.26. The molecule has 0 unspecified atom stereocenters. The van der Waals surface area contributed by atoms with Crippen molar-refractivity contribution < 1.29 is 13.2 Å². The molecule has 2 aromatic carbocycles. The van der Waals surface area contributed by atoms with Crippen LogP contribution < -0.4 is 10.0 Å². The fraction of sp³-hybridized carbons (Fsp3) is 0.250. The molecule has 6 nitrogen and oxygen atoms in total. The molecule has 0 aliphatic carbocycles. The number of nitrogens with zero attached hydrogens (tertiary/aromatic N) is 1. The number of nitrogens with one attached hydrogen (secondary N) is 2. The standard InChI is InChI=1S/C24H27N3O3S/c1-17-7-10-20(24(2,3)4)14-22(17)31(29,30)27-21-11-8-19(9-12-21)23(28)26-16-18-6-5-13-25-15-18/h5-15,27H,16H2,1-4H3,(H,26,28). The zero-order chi connectivity index (χ0) is 22.6. The molecule has 3 rings (SSSR count). The maximum atomic E-state index is 13.0. The largest absolute Gasteiger partial charge is 0.348 e. The summed E-state index contributed by atoms with van der Waals surface area (Å²) in [6.07, 6.45) is 3.36. The first-order valence-electron chi connectivity index (χ1n) is 9.97. The topological polar surface area (TPSA) is 88.2 Å². The molecular formula is C24H27N3O3S. The van der Waals surface area contributed by atoms with Crippen LogP contribution in [-0.2, 0) is 22.0 Å². The lowest BCUT2D eigenvalue weighted by molar-refractivity contribution is 0.0951. The molecule has 0 saturated heterocycles. The van der Waals surface area contributed by atoms with Gasteiger partial charge in [0.25, 0.3) is 15.9 Å². The minimum atomic E-state index is -3.76. The number of amides is 1. The molecule has 0 bridgehead atoms. The van der Waals surface area contributed by atoms with Gasteiger partial charge in [-0.2, -0.15) is 0 Å². The van der Waals surface area contributed by atoms with E-state index in [1.807, 2.05) is 39.0 Å². The average molecular weight is 438 g/mol. The van der Waals surface area contributed by atoms with E-state index in [4.69, 9.17) is 0 Å². The van der Waals surface area contributed by atoms with Crippen LogP contribution in [0.4, 0.5) is 5.69 Å². The third-order valence-corrected chi connectivity index (χ3v) is 6.44. The SMILES string of the molecule is Cc1ccc(C(C)(C)C)cc1S(=O)(=O)Nc1ccc(C(=O)NCc2cccnc2)cc1. The number of rotatable bonds is 6. The van der Waals surface area contributed by atoms with Crippen molar-refractivity contribution in [2.24, 2.45) is 0 Å². The highest BCUT2D eigenvalue weighted by Gasteiger charge is 2.21. The Bertz CT molecular complexity index is 1170. The molecule has 3 aromatic rings. The van der Waals surface area contributed by atoms with Gasteiger partial charge < -0.3 is 5.32 Å². The molecule has 0 atom stereocenters. The second kappa shape index (κ2) is 8.89. The van der Waals surface area contributed by atoms with Crippen LogP contribution in [0.1, 0.15) is 47.8 Å². The van der Waals surface area contributed by atoms with Gasteiger partial charge in [0, 0.05) is 30.2 Å². The smallest absolute Gasteiger partial charge is 0.262 e. The number of anilines is 1. The number of benzene rings is 2. The molecular weight excluding hydrogens is 410 g/mol. The fourth-order valence-corrected chi connectivity index (χ4v) is 4.37. The highest BCUT2D eigenvalue weighted by Crippen LogP contribution is 2.27. The first-order chi connectivity index (χ1) is 14.6. The van der Waals surface area contributed by atoms with Gasteiger partial charge in [0.2, 0.25) is 0 Å². The zero-order valence-corrected chi connectivity index (χ0v) is 19.0. The molecule has 7 heteroatoms. The maximum absolute atomic E-state index is 13.0. The summed E-state index contributed by atoms with van der Waals surface area (Å²) in [5.41, 5.74) is 3.18. The van der Waals surface area contributed by atoms with Gasteiger partial charge in [0.1, 0.15) is 0 Å². The van der Waals surface area contributed by atoms with Crippen LogP contribution in [0.5, 0.6) is 0 Å². The third-order valence-electron chi connectivity index (χ3n) is 4.92. The van der Waals surface area contributed by atoms with E-state index in [2.05, 4.69) is 15.0 Å². The molecule has 0 aliphatic rings. The summed E-state index contributed by atoms with van der Waals surface area (Å²) in [4.78, 5) is 16.6. The molecule has 0 saturated carbocycles. The lowest BCUT2D eigenvalue weighted by Gasteiger charge is -2.21. The van der Waals surface area contributed by atoms with E-state index in [-0.39, 0.29) is 16.2 Å². The van der Waals surface area contributed by atoms with Gasteiger partial charge in [0.05, 0.1) is 4.90 Å². The van der Waals surface area contributed by atoms with Crippen molar-refractivity contribution in [2.75, 3.05) is 4.72 Å². The van der Waals surface area contributed by atoms with Gasteiger partial charge in [-0.15, -0.1) is 0 Å². The van der Waals surface area contributed by atoms with Crippen molar-refractivity contribution in [3.8, 4) is 0 Å². The van der Waals surface area contributed by atoms with E-state index >= 15 is 0 Å². The predicted molar refractivity (Wildman–Crippen MR) is 123 cm³/mol. The molecule has 31 heavy (non-hydrogen) atoms. The van der Waals surface area contributed by atoms with Gasteiger partial charge in [0.15, 0.2) is 0 Å². The van der Waals surface area contributed by atoms with Crippen LogP contribution in [0, 0.1) is 6.92 Å². The van der Waals surface area contributed by atoms with Crippen molar-refractivity contribution in [2.45, 2.75) is 44.6 Å². The summed E-state index contributed by atoms with van der Waals surface area (Å²) in [7, 11) is -3.76. The summed E-state index contributed by atoms with van der Waals surface area (Å²) in [5.74, 6) is -0.244. The number of sulfonamides is 1. The van der Waals surface area contributed by atoms with Gasteiger partial charge in [-0.05, 0) is 65.4 Å². The van der Waals surface area contributed by atoms with Crippen molar-refractivity contribution in [3.63, 3.8) is 0 Å². The predicted octanol–water partition coefficient (Wildman–Crippen LogP) is 4.42. The Kier molecular flexibility index (Phi) is 6.45. The summed E-state index contributed by atoms with van der Waals surface area (Å²) in [5, 5.41) is 2.82. The lowest BCUT2D eigenvalue weighted by atomic mass is 9.87. The van der Waals surface area contributed by atoms with Crippen molar-refractivity contribution in [1.29, 1.82) is 0 Å². The number of aromatic nitrogens is 1. The van der Waals surface area contributed by atoms with Crippen LogP contribution in [0.2, 0.25) is 0 Å².